The molecule has 1 N–H and O–H groups in total. The highest BCUT2D eigenvalue weighted by atomic mass is 16.3. The Balaban J connectivity index is 2.09. The predicted octanol–water partition coefficient (Wildman–Crippen LogP) is 3.16. The van der Waals surface area contributed by atoms with Gasteiger partial charge in [-0.15, -0.1) is 0 Å². The summed E-state index contributed by atoms with van der Waals surface area (Å²) >= 11 is 0. The maximum absolute atomic E-state index is 12.6. The summed E-state index contributed by atoms with van der Waals surface area (Å²) in [5, 5.41) is 9.56. The van der Waals surface area contributed by atoms with Crippen molar-refractivity contribution >= 4 is 12.0 Å². The van der Waals surface area contributed by atoms with Gasteiger partial charge in [0.05, 0.1) is 6.10 Å². The number of nitrogens with zero attached hydrogens (tertiary/aromatic N) is 1. The number of carbonyl (C=O) groups excluding carboxylic acids is 1. The van der Waals surface area contributed by atoms with Crippen LogP contribution in [0.25, 0.3) is 6.08 Å². The smallest absolute Gasteiger partial charge is 0.249 e. The van der Waals surface area contributed by atoms with E-state index in [-0.39, 0.29) is 18.1 Å². The molecule has 1 aromatic carbocycles. The van der Waals surface area contributed by atoms with E-state index in [1.807, 2.05) is 30.0 Å². The van der Waals surface area contributed by atoms with Gasteiger partial charge in [0, 0.05) is 18.2 Å². The molecule has 1 aromatic rings. The van der Waals surface area contributed by atoms with Gasteiger partial charge < -0.3 is 10.0 Å². The number of aryl methyl sites for hydroxylation is 1. The first kappa shape index (κ1) is 15.8. The van der Waals surface area contributed by atoms with E-state index in [2.05, 4.69) is 19.1 Å². The predicted molar refractivity (Wildman–Crippen MR) is 85.9 cm³/mol. The average molecular weight is 287 g/mol. The minimum atomic E-state index is -0.357. The minimum absolute atomic E-state index is 0.0960. The number of hydrogen-bond acceptors (Lipinski definition) is 2. The topological polar surface area (TPSA) is 40.5 Å². The van der Waals surface area contributed by atoms with Gasteiger partial charge in [-0.05, 0) is 51.7 Å². The van der Waals surface area contributed by atoms with Gasteiger partial charge in [0.15, 0.2) is 0 Å². The lowest BCUT2D eigenvalue weighted by atomic mass is 10.1. The SMILES string of the molecule is C/C(=C\c1ccc(C)cc1)C(=O)N1CCCC1CC(C)O. The van der Waals surface area contributed by atoms with E-state index >= 15 is 0 Å². The molecule has 1 aliphatic rings. The van der Waals surface area contributed by atoms with Crippen LogP contribution >= 0.6 is 0 Å². The fourth-order valence-corrected chi connectivity index (χ4v) is 2.94. The van der Waals surface area contributed by atoms with Gasteiger partial charge in [-0.3, -0.25) is 4.79 Å². The number of aliphatic hydroxyl groups is 1. The van der Waals surface area contributed by atoms with Crippen LogP contribution in [0, 0.1) is 6.92 Å². The summed E-state index contributed by atoms with van der Waals surface area (Å²) < 4.78 is 0. The van der Waals surface area contributed by atoms with Crippen LogP contribution in [0.2, 0.25) is 0 Å². The average Bonchev–Trinajstić information content (AvgIpc) is 2.87. The Hall–Kier alpha value is -1.61. The zero-order valence-corrected chi connectivity index (χ0v) is 13.2. The van der Waals surface area contributed by atoms with Crippen LogP contribution in [0.1, 0.15) is 44.2 Å². The Morgan fingerprint density at radius 1 is 1.43 bits per heavy atom. The van der Waals surface area contributed by atoms with E-state index in [4.69, 9.17) is 0 Å². The summed E-state index contributed by atoms with van der Waals surface area (Å²) in [7, 11) is 0. The highest BCUT2D eigenvalue weighted by Gasteiger charge is 2.29. The Morgan fingerprint density at radius 3 is 2.71 bits per heavy atom. The summed E-state index contributed by atoms with van der Waals surface area (Å²) in [4.78, 5) is 14.5. The molecule has 2 unspecified atom stereocenters. The molecular weight excluding hydrogens is 262 g/mol. The molecule has 1 amide bonds. The van der Waals surface area contributed by atoms with Gasteiger partial charge in [0.1, 0.15) is 0 Å². The minimum Gasteiger partial charge on any atom is -0.393 e. The third kappa shape index (κ3) is 4.18. The number of amides is 1. The molecule has 1 aliphatic heterocycles. The van der Waals surface area contributed by atoms with Crippen molar-refractivity contribution in [2.24, 2.45) is 0 Å². The monoisotopic (exact) mass is 287 g/mol. The molecule has 0 aliphatic carbocycles. The van der Waals surface area contributed by atoms with Crippen LogP contribution < -0.4 is 0 Å². The lowest BCUT2D eigenvalue weighted by Gasteiger charge is -2.26. The number of hydrogen-bond donors (Lipinski definition) is 1. The normalized spacial score (nSPS) is 20.7. The molecule has 3 heteroatoms. The molecule has 0 saturated carbocycles. The fraction of sp³-hybridized carbons (Fsp3) is 0.500. The fourth-order valence-electron chi connectivity index (χ4n) is 2.94. The van der Waals surface area contributed by atoms with E-state index in [1.165, 1.54) is 5.56 Å². The summed E-state index contributed by atoms with van der Waals surface area (Å²) in [6.45, 7) is 6.52. The molecule has 0 spiro atoms. The maximum Gasteiger partial charge on any atom is 0.249 e. The van der Waals surface area contributed by atoms with Crippen molar-refractivity contribution in [1.29, 1.82) is 0 Å². The van der Waals surface area contributed by atoms with Gasteiger partial charge in [0.25, 0.3) is 0 Å². The third-order valence-electron chi connectivity index (χ3n) is 4.05. The zero-order chi connectivity index (χ0) is 15.4. The molecular formula is C18H25NO2. The number of likely N-dealkylation sites (tertiary alicyclic amines) is 1. The molecule has 2 atom stereocenters. The zero-order valence-electron chi connectivity index (χ0n) is 13.2. The number of benzene rings is 1. The summed E-state index contributed by atoms with van der Waals surface area (Å²) in [6, 6.07) is 8.34. The lowest BCUT2D eigenvalue weighted by Crippen LogP contribution is -2.37. The largest absolute Gasteiger partial charge is 0.393 e. The molecule has 3 nitrogen and oxygen atoms in total. The molecule has 1 fully saturated rings. The quantitative estimate of drug-likeness (QED) is 0.864. The van der Waals surface area contributed by atoms with Crippen molar-refractivity contribution in [1.82, 2.24) is 4.90 Å². The summed E-state index contributed by atoms with van der Waals surface area (Å²) in [5.41, 5.74) is 3.03. The van der Waals surface area contributed by atoms with Crippen molar-refractivity contribution in [3.05, 3.63) is 41.0 Å². The number of aliphatic hydroxyl groups excluding tert-OH is 1. The van der Waals surface area contributed by atoms with Gasteiger partial charge in [-0.2, -0.15) is 0 Å². The van der Waals surface area contributed by atoms with Crippen LogP contribution in [0.5, 0.6) is 0 Å². The first-order valence-electron chi connectivity index (χ1n) is 7.71. The molecule has 0 radical (unpaired) electrons. The molecule has 21 heavy (non-hydrogen) atoms. The lowest BCUT2D eigenvalue weighted by molar-refractivity contribution is -0.128. The molecule has 2 rings (SSSR count). The molecule has 0 aromatic heterocycles. The van der Waals surface area contributed by atoms with Crippen LogP contribution in [0.3, 0.4) is 0 Å². The summed E-state index contributed by atoms with van der Waals surface area (Å²) in [6.07, 6.45) is 4.28. The Labute approximate surface area is 127 Å². The van der Waals surface area contributed by atoms with E-state index in [9.17, 15) is 9.90 Å². The first-order chi connectivity index (χ1) is 9.97. The second-order valence-corrected chi connectivity index (χ2v) is 6.12. The molecule has 1 heterocycles. The van der Waals surface area contributed by atoms with Crippen molar-refractivity contribution in [2.45, 2.75) is 52.2 Å². The highest BCUT2D eigenvalue weighted by molar-refractivity contribution is 5.97. The second-order valence-electron chi connectivity index (χ2n) is 6.12. The van der Waals surface area contributed by atoms with Crippen LogP contribution in [-0.2, 0) is 4.79 Å². The van der Waals surface area contributed by atoms with Crippen LogP contribution in [-0.4, -0.2) is 34.6 Å². The number of rotatable bonds is 4. The maximum atomic E-state index is 12.6. The van der Waals surface area contributed by atoms with Crippen molar-refractivity contribution in [2.75, 3.05) is 6.54 Å². The van der Waals surface area contributed by atoms with Gasteiger partial charge in [-0.1, -0.05) is 29.8 Å². The standard InChI is InChI=1S/C18H25NO2/c1-13-6-8-16(9-7-13)11-14(2)18(21)19-10-4-5-17(19)12-15(3)20/h6-9,11,15,17,20H,4-5,10,12H2,1-3H3/b14-11+. The molecule has 0 bridgehead atoms. The Kier molecular flexibility index (Phi) is 5.18. The van der Waals surface area contributed by atoms with Crippen molar-refractivity contribution < 1.29 is 9.90 Å². The van der Waals surface area contributed by atoms with Gasteiger partial charge in [-0.25, -0.2) is 0 Å². The van der Waals surface area contributed by atoms with Crippen LogP contribution in [0.15, 0.2) is 29.8 Å². The van der Waals surface area contributed by atoms with E-state index in [0.29, 0.717) is 6.42 Å². The van der Waals surface area contributed by atoms with E-state index < -0.39 is 0 Å². The van der Waals surface area contributed by atoms with Crippen molar-refractivity contribution in [3.8, 4) is 0 Å². The number of carbonyl (C=O) groups is 1. The third-order valence-corrected chi connectivity index (χ3v) is 4.05. The summed E-state index contributed by atoms with van der Waals surface area (Å²) in [5.74, 6) is 0.0960. The van der Waals surface area contributed by atoms with Gasteiger partial charge >= 0.3 is 0 Å². The molecule has 1 saturated heterocycles. The van der Waals surface area contributed by atoms with Crippen molar-refractivity contribution in [3.63, 3.8) is 0 Å². The van der Waals surface area contributed by atoms with E-state index in [0.717, 1.165) is 30.5 Å². The first-order valence-corrected chi connectivity index (χ1v) is 7.71. The molecule has 114 valence electrons. The Morgan fingerprint density at radius 2 is 2.10 bits per heavy atom. The second kappa shape index (κ2) is 6.90. The highest BCUT2D eigenvalue weighted by Crippen LogP contribution is 2.24. The van der Waals surface area contributed by atoms with Gasteiger partial charge in [0.2, 0.25) is 5.91 Å². The Bertz CT molecular complexity index is 517. The van der Waals surface area contributed by atoms with Crippen LogP contribution in [0.4, 0.5) is 0 Å². The van der Waals surface area contributed by atoms with E-state index in [1.54, 1.807) is 6.92 Å².